The molecule has 0 bridgehead atoms. The highest BCUT2D eigenvalue weighted by atomic mass is 14.9. The first kappa shape index (κ1) is 25.5. The minimum Gasteiger partial charge on any atom is -0.363 e. The lowest BCUT2D eigenvalue weighted by atomic mass is 9.53. The molecule has 8 aliphatic carbocycles. The average molecular weight is 526 g/mol. The van der Waals surface area contributed by atoms with E-state index in [1.165, 1.54) is 128 Å². The van der Waals surface area contributed by atoms with E-state index in [9.17, 15) is 0 Å². The maximum absolute atomic E-state index is 4.14. The van der Waals surface area contributed by atoms with Gasteiger partial charge >= 0.3 is 0 Å². The van der Waals surface area contributed by atoms with Crippen LogP contribution in [0.4, 0.5) is 0 Å². The molecular weight excluding hydrogens is 470 g/mol. The lowest BCUT2D eigenvalue weighted by molar-refractivity contribution is 0.0114. The van der Waals surface area contributed by atoms with Gasteiger partial charge in [-0.05, 0) is 148 Å². The Morgan fingerprint density at radius 3 is 2.36 bits per heavy atom. The predicted molar refractivity (Wildman–Crippen MR) is 163 cm³/mol. The molecule has 9 atom stereocenters. The smallest absolute Gasteiger partial charge is 0.0154 e. The number of rotatable bonds is 3. The Hall–Kier alpha value is -1.24. The van der Waals surface area contributed by atoms with Crippen LogP contribution in [0.2, 0.25) is 0 Å². The lowest BCUT2D eigenvalue weighted by Gasteiger charge is -2.51. The van der Waals surface area contributed by atoms with Gasteiger partial charge in [0.2, 0.25) is 0 Å². The van der Waals surface area contributed by atoms with Gasteiger partial charge in [0.15, 0.2) is 0 Å². The zero-order valence-electron chi connectivity index (χ0n) is 25.0. The summed E-state index contributed by atoms with van der Waals surface area (Å²) in [6.07, 6.45) is 39.5. The van der Waals surface area contributed by atoms with Crippen molar-refractivity contribution in [2.45, 2.75) is 135 Å². The van der Waals surface area contributed by atoms with E-state index in [4.69, 9.17) is 0 Å². The second-order valence-electron chi connectivity index (χ2n) is 15.7. The van der Waals surface area contributed by atoms with E-state index >= 15 is 0 Å². The molecule has 4 fully saturated rings. The van der Waals surface area contributed by atoms with Gasteiger partial charge in [0, 0.05) is 16.8 Å². The van der Waals surface area contributed by atoms with Gasteiger partial charge in [0.1, 0.15) is 0 Å². The lowest BCUT2D eigenvalue weighted by Crippen LogP contribution is -2.44. The molecule has 0 aromatic heterocycles. The van der Waals surface area contributed by atoms with Gasteiger partial charge in [-0.3, -0.25) is 0 Å². The van der Waals surface area contributed by atoms with Crippen LogP contribution in [0, 0.1) is 52.3 Å². The highest BCUT2D eigenvalue weighted by Gasteiger charge is 2.71. The summed E-state index contributed by atoms with van der Waals surface area (Å²) in [6, 6.07) is 0. The molecule has 9 unspecified atom stereocenters. The van der Waals surface area contributed by atoms with Crippen molar-refractivity contribution in [2.75, 3.05) is 0 Å². The molecule has 0 aliphatic heterocycles. The van der Waals surface area contributed by atoms with Gasteiger partial charge < -0.3 is 5.32 Å². The minimum absolute atomic E-state index is 0.518. The zero-order chi connectivity index (χ0) is 26.0. The molecule has 0 saturated heterocycles. The summed E-state index contributed by atoms with van der Waals surface area (Å²) in [6.45, 7) is 2.81. The molecule has 0 heterocycles. The average Bonchev–Trinajstić information content (AvgIpc) is 3.41. The molecule has 0 amide bonds. The quantitative estimate of drug-likeness (QED) is 0.361. The van der Waals surface area contributed by atoms with E-state index in [-0.39, 0.29) is 0 Å². The first-order valence-electron chi connectivity index (χ1n) is 17.8. The Balaban J connectivity index is 1.17. The van der Waals surface area contributed by atoms with Crippen molar-refractivity contribution in [3.8, 4) is 0 Å². The Bertz CT molecular complexity index is 1090. The topological polar surface area (TPSA) is 12.0 Å². The monoisotopic (exact) mass is 525 g/mol. The molecular formula is C38H55N. The van der Waals surface area contributed by atoms with Crippen LogP contribution in [-0.2, 0) is 0 Å². The number of hydrogen-bond donors (Lipinski definition) is 1. The molecule has 1 heteroatoms. The first-order chi connectivity index (χ1) is 19.2. The molecule has 0 radical (unpaired) electrons. The van der Waals surface area contributed by atoms with Gasteiger partial charge in [-0.15, -0.1) is 0 Å². The standard InChI is InChI=1S/C38H55N/c1-37-23-10-9-20-36(37)38(34-19-8-7-18-33(34)37)32-17-6-5-16-30(32)31-22-21-29(25-35(31)38)39-28-15-11-14-27(24-28)26-12-3-2-4-13-26/h3,12,24-27,30,32-34,36,39H,2,4-11,13-23H2,1H3. The van der Waals surface area contributed by atoms with Crippen molar-refractivity contribution in [1.29, 1.82) is 0 Å². The summed E-state index contributed by atoms with van der Waals surface area (Å²) in [5, 5.41) is 4.14. The molecule has 39 heavy (non-hydrogen) atoms. The summed E-state index contributed by atoms with van der Waals surface area (Å²) in [7, 11) is 0. The summed E-state index contributed by atoms with van der Waals surface area (Å²) in [4.78, 5) is 0. The zero-order valence-corrected chi connectivity index (χ0v) is 25.0. The molecule has 8 aliphatic rings. The van der Waals surface area contributed by atoms with Gasteiger partial charge in [0.05, 0.1) is 0 Å². The molecule has 212 valence electrons. The molecule has 0 aromatic rings. The van der Waals surface area contributed by atoms with Crippen LogP contribution in [0.25, 0.3) is 0 Å². The molecule has 1 N–H and O–H groups in total. The van der Waals surface area contributed by atoms with Crippen LogP contribution in [0.3, 0.4) is 0 Å². The molecule has 0 aromatic carbocycles. The van der Waals surface area contributed by atoms with E-state index in [2.05, 4.69) is 36.5 Å². The van der Waals surface area contributed by atoms with Crippen LogP contribution in [0.1, 0.15) is 135 Å². The molecule has 4 saturated carbocycles. The third-order valence-corrected chi connectivity index (χ3v) is 14.2. The van der Waals surface area contributed by atoms with Crippen LogP contribution in [0.15, 0.2) is 46.8 Å². The van der Waals surface area contributed by atoms with Crippen molar-refractivity contribution >= 4 is 0 Å². The van der Waals surface area contributed by atoms with E-state index in [0.29, 0.717) is 10.8 Å². The normalized spacial score (nSPS) is 47.2. The van der Waals surface area contributed by atoms with Crippen molar-refractivity contribution < 1.29 is 0 Å². The van der Waals surface area contributed by atoms with Crippen molar-refractivity contribution in [2.24, 2.45) is 52.3 Å². The van der Waals surface area contributed by atoms with Crippen LogP contribution in [-0.4, -0.2) is 0 Å². The van der Waals surface area contributed by atoms with Crippen molar-refractivity contribution in [3.63, 3.8) is 0 Å². The van der Waals surface area contributed by atoms with Crippen LogP contribution >= 0.6 is 0 Å². The largest absolute Gasteiger partial charge is 0.363 e. The van der Waals surface area contributed by atoms with Crippen LogP contribution in [0.5, 0.6) is 0 Å². The maximum atomic E-state index is 4.14. The van der Waals surface area contributed by atoms with Gasteiger partial charge in [0.25, 0.3) is 0 Å². The van der Waals surface area contributed by atoms with Gasteiger partial charge in [-0.1, -0.05) is 69.2 Å². The van der Waals surface area contributed by atoms with Gasteiger partial charge in [-0.25, -0.2) is 0 Å². The summed E-state index contributed by atoms with van der Waals surface area (Å²) >= 11 is 0. The number of nitrogens with one attached hydrogen (secondary N) is 1. The van der Waals surface area contributed by atoms with E-state index < -0.39 is 0 Å². The van der Waals surface area contributed by atoms with E-state index in [1.807, 2.05) is 11.1 Å². The van der Waals surface area contributed by atoms with Crippen LogP contribution < -0.4 is 5.32 Å². The Kier molecular flexibility index (Phi) is 6.49. The highest BCUT2D eigenvalue weighted by molar-refractivity contribution is 5.49. The fourth-order valence-electron chi connectivity index (χ4n) is 13.0. The Labute approximate surface area is 239 Å². The summed E-state index contributed by atoms with van der Waals surface area (Å²) < 4.78 is 0. The fraction of sp³-hybridized carbons (Fsp3) is 0.789. The second-order valence-corrected chi connectivity index (χ2v) is 15.7. The summed E-state index contributed by atoms with van der Waals surface area (Å²) in [5.74, 6) is 6.38. The Morgan fingerprint density at radius 2 is 1.49 bits per heavy atom. The van der Waals surface area contributed by atoms with Crippen molar-refractivity contribution in [3.05, 3.63) is 46.8 Å². The number of fused-ring (bicyclic) bond motifs is 9. The number of allylic oxidation sites excluding steroid dienone is 8. The highest BCUT2D eigenvalue weighted by Crippen LogP contribution is 2.78. The third-order valence-electron chi connectivity index (χ3n) is 14.2. The predicted octanol–water partition coefficient (Wildman–Crippen LogP) is 10.4. The minimum atomic E-state index is 0.518. The summed E-state index contributed by atoms with van der Waals surface area (Å²) in [5.41, 5.74) is 8.21. The Morgan fingerprint density at radius 1 is 0.692 bits per heavy atom. The third kappa shape index (κ3) is 3.82. The van der Waals surface area contributed by atoms with E-state index in [0.717, 1.165) is 41.4 Å². The molecule has 1 nitrogen and oxygen atoms in total. The first-order valence-corrected chi connectivity index (χ1v) is 17.8. The molecule has 8 rings (SSSR count). The van der Waals surface area contributed by atoms with E-state index in [1.54, 1.807) is 11.4 Å². The second kappa shape index (κ2) is 9.94. The van der Waals surface area contributed by atoms with Crippen molar-refractivity contribution in [1.82, 2.24) is 5.32 Å². The van der Waals surface area contributed by atoms with Gasteiger partial charge in [-0.2, -0.15) is 0 Å². The number of hydrogen-bond acceptors (Lipinski definition) is 1. The fourth-order valence-corrected chi connectivity index (χ4v) is 13.0. The molecule has 1 spiro atoms. The maximum Gasteiger partial charge on any atom is 0.0154 e. The SMILES string of the molecule is CC12CCCCC1C1(C3=C(CCC(NC4=CC(C5C=CCCC5)CCC4)=C3)C3CCCCC31)C1CCCCC12.